The fourth-order valence-electron chi connectivity index (χ4n) is 3.60. The highest BCUT2D eigenvalue weighted by molar-refractivity contribution is 5.94. The fourth-order valence-corrected chi connectivity index (χ4v) is 3.60. The molecule has 0 bridgehead atoms. The molecule has 0 aliphatic heterocycles. The molecule has 1 aliphatic rings. The number of carbonyl (C=O) groups excluding carboxylic acids is 1. The largest absolute Gasteiger partial charge is 0.342 e. The highest BCUT2D eigenvalue weighted by Gasteiger charge is 2.35. The molecule has 4 aromatic rings. The summed E-state index contributed by atoms with van der Waals surface area (Å²) in [5.74, 6) is 1.29. The van der Waals surface area contributed by atoms with Gasteiger partial charge in [0.1, 0.15) is 11.5 Å². The molecule has 0 saturated heterocycles. The molecular weight excluding hydrogens is 350 g/mol. The first kappa shape index (κ1) is 16.7. The number of nitrogens with one attached hydrogen (secondary N) is 1. The molecule has 0 radical (unpaired) electrons. The van der Waals surface area contributed by atoms with Crippen molar-refractivity contribution in [3.8, 4) is 11.3 Å². The molecule has 6 nitrogen and oxygen atoms in total. The van der Waals surface area contributed by atoms with Crippen molar-refractivity contribution < 1.29 is 4.79 Å². The van der Waals surface area contributed by atoms with Gasteiger partial charge in [-0.25, -0.2) is 9.97 Å². The Bertz CT molecular complexity index is 1140. The van der Waals surface area contributed by atoms with E-state index in [-0.39, 0.29) is 11.9 Å². The van der Waals surface area contributed by atoms with Crippen LogP contribution in [0.5, 0.6) is 0 Å². The zero-order valence-electron chi connectivity index (χ0n) is 15.6. The first-order valence-electron chi connectivity index (χ1n) is 9.51. The Labute approximate surface area is 162 Å². The quantitative estimate of drug-likeness (QED) is 0.583. The summed E-state index contributed by atoms with van der Waals surface area (Å²) in [6, 6.07) is 13.7. The van der Waals surface area contributed by atoms with E-state index >= 15 is 0 Å². The van der Waals surface area contributed by atoms with Crippen LogP contribution in [0.15, 0.2) is 67.3 Å². The molecule has 0 spiro atoms. The Kier molecular flexibility index (Phi) is 3.97. The van der Waals surface area contributed by atoms with Crippen molar-refractivity contribution in [2.24, 2.45) is 13.0 Å². The highest BCUT2D eigenvalue weighted by Crippen LogP contribution is 2.40. The zero-order chi connectivity index (χ0) is 19.1. The number of hydrogen-bond acceptors (Lipinski definition) is 3. The molecule has 3 aromatic heterocycles. The molecule has 1 aromatic carbocycles. The normalized spacial score (nSPS) is 14.9. The average molecular weight is 371 g/mol. The number of rotatable bonds is 5. The molecule has 1 aliphatic carbocycles. The SMILES string of the molecule is Cn1ccnc1[C@H](NC(=O)c1ccc2nc(-c3ccccc3)cn2c1)C1CC1. The minimum absolute atomic E-state index is 0.0501. The van der Waals surface area contributed by atoms with Gasteiger partial charge in [-0.05, 0) is 30.9 Å². The Morgan fingerprint density at radius 2 is 1.96 bits per heavy atom. The van der Waals surface area contributed by atoms with Crippen LogP contribution < -0.4 is 5.32 Å². The van der Waals surface area contributed by atoms with Crippen LogP contribution in [0.1, 0.15) is 35.1 Å². The van der Waals surface area contributed by atoms with Gasteiger partial charge in [-0.2, -0.15) is 0 Å². The molecular formula is C22H21N5O. The summed E-state index contributed by atoms with van der Waals surface area (Å²) < 4.78 is 3.89. The number of hydrogen-bond donors (Lipinski definition) is 1. The zero-order valence-corrected chi connectivity index (χ0v) is 15.6. The summed E-state index contributed by atoms with van der Waals surface area (Å²) in [7, 11) is 1.96. The molecule has 28 heavy (non-hydrogen) atoms. The van der Waals surface area contributed by atoms with Gasteiger partial charge in [-0.1, -0.05) is 30.3 Å². The molecule has 1 saturated carbocycles. The molecule has 140 valence electrons. The third-order valence-electron chi connectivity index (χ3n) is 5.30. The summed E-state index contributed by atoms with van der Waals surface area (Å²) in [5, 5.41) is 3.19. The predicted octanol–water partition coefficient (Wildman–Crippen LogP) is 3.62. The van der Waals surface area contributed by atoms with E-state index in [2.05, 4.69) is 15.3 Å². The second-order valence-corrected chi connectivity index (χ2v) is 7.36. The van der Waals surface area contributed by atoms with Crippen molar-refractivity contribution in [3.05, 3.63) is 78.6 Å². The predicted molar refractivity (Wildman–Crippen MR) is 107 cm³/mol. The van der Waals surface area contributed by atoms with E-state index in [1.807, 2.05) is 77.1 Å². The Hall–Kier alpha value is -3.41. The monoisotopic (exact) mass is 371 g/mol. The Balaban J connectivity index is 1.42. The fraction of sp³-hybridized carbons (Fsp3) is 0.227. The lowest BCUT2D eigenvalue weighted by atomic mass is 10.1. The van der Waals surface area contributed by atoms with E-state index in [1.165, 1.54) is 0 Å². The Morgan fingerprint density at radius 1 is 1.14 bits per heavy atom. The number of aryl methyl sites for hydroxylation is 1. The van der Waals surface area contributed by atoms with Crippen LogP contribution in [-0.4, -0.2) is 24.8 Å². The van der Waals surface area contributed by atoms with Crippen LogP contribution in [0.2, 0.25) is 0 Å². The smallest absolute Gasteiger partial charge is 0.253 e. The third kappa shape index (κ3) is 3.07. The van der Waals surface area contributed by atoms with Crippen LogP contribution in [0, 0.1) is 5.92 Å². The number of imidazole rings is 2. The van der Waals surface area contributed by atoms with Gasteiger partial charge in [0.05, 0.1) is 17.3 Å². The minimum Gasteiger partial charge on any atom is -0.342 e. The molecule has 1 atom stereocenters. The van der Waals surface area contributed by atoms with E-state index in [9.17, 15) is 4.79 Å². The van der Waals surface area contributed by atoms with E-state index in [4.69, 9.17) is 0 Å². The number of pyridine rings is 1. The number of amides is 1. The maximum absolute atomic E-state index is 12.9. The molecule has 1 fully saturated rings. The molecule has 3 heterocycles. The van der Waals surface area contributed by atoms with Gasteiger partial charge >= 0.3 is 0 Å². The first-order chi connectivity index (χ1) is 13.7. The van der Waals surface area contributed by atoms with Crippen molar-refractivity contribution in [3.63, 3.8) is 0 Å². The van der Waals surface area contributed by atoms with Crippen LogP contribution in [0.4, 0.5) is 0 Å². The molecule has 6 heteroatoms. The van der Waals surface area contributed by atoms with Crippen LogP contribution >= 0.6 is 0 Å². The van der Waals surface area contributed by atoms with Crippen molar-refractivity contribution in [2.75, 3.05) is 0 Å². The molecule has 5 rings (SSSR count). The van der Waals surface area contributed by atoms with Gasteiger partial charge in [-0.3, -0.25) is 4.79 Å². The minimum atomic E-state index is -0.0863. The number of fused-ring (bicyclic) bond motifs is 1. The van der Waals surface area contributed by atoms with Crippen LogP contribution in [0.3, 0.4) is 0 Å². The number of aromatic nitrogens is 4. The van der Waals surface area contributed by atoms with E-state index in [0.717, 1.165) is 35.6 Å². The maximum Gasteiger partial charge on any atom is 0.253 e. The third-order valence-corrected chi connectivity index (χ3v) is 5.30. The lowest BCUT2D eigenvalue weighted by molar-refractivity contribution is 0.0928. The lowest BCUT2D eigenvalue weighted by Gasteiger charge is -2.18. The van der Waals surface area contributed by atoms with E-state index < -0.39 is 0 Å². The van der Waals surface area contributed by atoms with Crippen molar-refractivity contribution in [1.29, 1.82) is 0 Å². The molecule has 1 amide bonds. The second-order valence-electron chi connectivity index (χ2n) is 7.36. The van der Waals surface area contributed by atoms with Crippen molar-refractivity contribution >= 4 is 11.6 Å². The topological polar surface area (TPSA) is 64.2 Å². The lowest BCUT2D eigenvalue weighted by Crippen LogP contribution is -2.31. The van der Waals surface area contributed by atoms with E-state index in [1.54, 1.807) is 6.20 Å². The standard InChI is InChI=1S/C22H21N5O/c1-26-12-11-23-21(26)20(16-7-8-16)25-22(28)17-9-10-19-24-18(14-27(19)13-17)15-5-3-2-4-6-15/h2-6,9-14,16,20H,7-8H2,1H3,(H,25,28)/t20-/m1/s1. The summed E-state index contributed by atoms with van der Waals surface area (Å²) in [6.07, 6.45) is 9.74. The van der Waals surface area contributed by atoms with Crippen molar-refractivity contribution in [2.45, 2.75) is 18.9 Å². The molecule has 0 unspecified atom stereocenters. The number of benzene rings is 1. The molecule has 1 N–H and O–H groups in total. The number of carbonyl (C=O) groups is 1. The average Bonchev–Trinajstić information content (AvgIpc) is 3.33. The van der Waals surface area contributed by atoms with Gasteiger partial charge in [0.15, 0.2) is 0 Å². The van der Waals surface area contributed by atoms with Gasteiger partial charge in [0.2, 0.25) is 0 Å². The van der Waals surface area contributed by atoms with Crippen LogP contribution in [-0.2, 0) is 7.05 Å². The van der Waals surface area contributed by atoms with Crippen molar-refractivity contribution in [1.82, 2.24) is 24.3 Å². The van der Waals surface area contributed by atoms with E-state index in [0.29, 0.717) is 11.5 Å². The van der Waals surface area contributed by atoms with Gasteiger partial charge in [0.25, 0.3) is 5.91 Å². The summed E-state index contributed by atoms with van der Waals surface area (Å²) in [6.45, 7) is 0. The summed E-state index contributed by atoms with van der Waals surface area (Å²) >= 11 is 0. The highest BCUT2D eigenvalue weighted by atomic mass is 16.1. The summed E-state index contributed by atoms with van der Waals surface area (Å²) in [4.78, 5) is 22.0. The van der Waals surface area contributed by atoms with Gasteiger partial charge in [-0.15, -0.1) is 0 Å². The van der Waals surface area contributed by atoms with Crippen LogP contribution in [0.25, 0.3) is 16.9 Å². The first-order valence-corrected chi connectivity index (χ1v) is 9.51. The van der Waals surface area contributed by atoms with Gasteiger partial charge in [0, 0.05) is 37.4 Å². The summed E-state index contributed by atoms with van der Waals surface area (Å²) in [5.41, 5.74) is 3.38. The maximum atomic E-state index is 12.9. The van der Waals surface area contributed by atoms with Gasteiger partial charge < -0.3 is 14.3 Å². The number of nitrogens with zero attached hydrogens (tertiary/aromatic N) is 4. The second kappa shape index (κ2) is 6.64. The Morgan fingerprint density at radius 3 is 2.68 bits per heavy atom.